The maximum atomic E-state index is 12.1. The summed E-state index contributed by atoms with van der Waals surface area (Å²) in [4.78, 5) is 21.8. The van der Waals surface area contributed by atoms with Gasteiger partial charge in [-0.2, -0.15) is 0 Å². The number of alkyl halides is 3. The maximum Gasteiger partial charge on any atom is 0.573 e. The van der Waals surface area contributed by atoms with Gasteiger partial charge < -0.3 is 15.2 Å². The van der Waals surface area contributed by atoms with Crippen molar-refractivity contribution in [3.63, 3.8) is 0 Å². The van der Waals surface area contributed by atoms with Gasteiger partial charge in [-0.05, 0) is 40.5 Å². The molecule has 21 heavy (non-hydrogen) atoms. The average molecular weight is 370 g/mol. The van der Waals surface area contributed by atoms with Crippen LogP contribution in [-0.2, 0) is 9.59 Å². The van der Waals surface area contributed by atoms with E-state index in [0.717, 1.165) is 6.07 Å². The number of hydrogen-bond acceptors (Lipinski definition) is 3. The summed E-state index contributed by atoms with van der Waals surface area (Å²) < 4.78 is 40.0. The number of nitrogens with one attached hydrogen (secondary N) is 1. The number of carboxylic acid groups (broad SMARTS) is 1. The van der Waals surface area contributed by atoms with Crippen LogP contribution in [0, 0.1) is 0 Å². The number of benzene rings is 1. The molecule has 116 valence electrons. The summed E-state index contributed by atoms with van der Waals surface area (Å²) in [5.74, 6) is -1.85. The first kappa shape index (κ1) is 17.3. The highest BCUT2D eigenvalue weighted by Gasteiger charge is 2.31. The van der Waals surface area contributed by atoms with Gasteiger partial charge in [0.25, 0.3) is 0 Å². The summed E-state index contributed by atoms with van der Waals surface area (Å²) in [5, 5.41) is 10.9. The number of hydrogen-bond donors (Lipinski definition) is 2. The molecule has 0 bridgehead atoms. The normalized spacial score (nSPS) is 11.0. The molecule has 0 aliphatic carbocycles. The number of carboxylic acids is 1. The van der Waals surface area contributed by atoms with E-state index in [1.54, 1.807) is 0 Å². The second kappa shape index (κ2) is 7.30. The molecule has 0 aliphatic rings. The SMILES string of the molecule is O=C(O)CCCC(=O)Nc1ccc(OC(F)(F)F)c(Br)c1. The Bertz CT molecular complexity index is 534. The minimum atomic E-state index is -4.80. The fraction of sp³-hybridized carbons (Fsp3) is 0.333. The molecule has 2 N–H and O–H groups in total. The van der Waals surface area contributed by atoms with E-state index >= 15 is 0 Å². The van der Waals surface area contributed by atoms with Gasteiger partial charge in [0.2, 0.25) is 5.91 Å². The lowest BCUT2D eigenvalue weighted by molar-refractivity contribution is -0.274. The summed E-state index contributed by atoms with van der Waals surface area (Å²) in [5.41, 5.74) is 0.275. The molecular weight excluding hydrogens is 359 g/mol. The minimum Gasteiger partial charge on any atom is -0.481 e. The Hall–Kier alpha value is -1.77. The molecule has 0 atom stereocenters. The van der Waals surface area contributed by atoms with Gasteiger partial charge >= 0.3 is 12.3 Å². The highest BCUT2D eigenvalue weighted by atomic mass is 79.9. The Morgan fingerprint density at radius 3 is 2.48 bits per heavy atom. The van der Waals surface area contributed by atoms with Crippen molar-refractivity contribution in [2.75, 3.05) is 5.32 Å². The number of ether oxygens (including phenoxy) is 1. The van der Waals surface area contributed by atoms with Crippen LogP contribution in [-0.4, -0.2) is 23.3 Å². The molecule has 9 heteroatoms. The third-order valence-electron chi connectivity index (χ3n) is 2.24. The van der Waals surface area contributed by atoms with Crippen LogP contribution in [0.1, 0.15) is 19.3 Å². The zero-order valence-corrected chi connectivity index (χ0v) is 12.1. The topological polar surface area (TPSA) is 75.6 Å². The van der Waals surface area contributed by atoms with Crippen molar-refractivity contribution in [2.45, 2.75) is 25.6 Å². The predicted molar refractivity (Wildman–Crippen MR) is 70.9 cm³/mol. The van der Waals surface area contributed by atoms with Gasteiger partial charge in [0.15, 0.2) is 0 Å². The number of carbonyl (C=O) groups excluding carboxylic acids is 1. The Balaban J connectivity index is 2.59. The zero-order valence-electron chi connectivity index (χ0n) is 10.5. The van der Waals surface area contributed by atoms with Crippen LogP contribution in [0.15, 0.2) is 22.7 Å². The fourth-order valence-electron chi connectivity index (χ4n) is 1.41. The van der Waals surface area contributed by atoms with Crippen LogP contribution < -0.4 is 10.1 Å². The highest BCUT2D eigenvalue weighted by molar-refractivity contribution is 9.10. The Morgan fingerprint density at radius 1 is 1.29 bits per heavy atom. The van der Waals surface area contributed by atoms with Gasteiger partial charge in [0.05, 0.1) is 4.47 Å². The van der Waals surface area contributed by atoms with Gasteiger partial charge in [0.1, 0.15) is 5.75 Å². The number of halogens is 4. The lowest BCUT2D eigenvalue weighted by Crippen LogP contribution is -2.17. The first-order valence-electron chi connectivity index (χ1n) is 5.74. The van der Waals surface area contributed by atoms with Crippen LogP contribution in [0.3, 0.4) is 0 Å². The molecule has 0 aromatic heterocycles. The van der Waals surface area contributed by atoms with Gasteiger partial charge in [-0.3, -0.25) is 9.59 Å². The van der Waals surface area contributed by atoms with Crippen LogP contribution in [0.25, 0.3) is 0 Å². The van der Waals surface area contributed by atoms with Crippen molar-refractivity contribution < 1.29 is 32.6 Å². The summed E-state index contributed by atoms with van der Waals surface area (Å²) in [7, 11) is 0. The largest absolute Gasteiger partial charge is 0.573 e. The summed E-state index contributed by atoms with van der Waals surface area (Å²) >= 11 is 2.91. The third kappa shape index (κ3) is 6.98. The van der Waals surface area contributed by atoms with E-state index < -0.39 is 24.0 Å². The van der Waals surface area contributed by atoms with Gasteiger partial charge in [-0.1, -0.05) is 0 Å². The van der Waals surface area contributed by atoms with E-state index in [0.29, 0.717) is 0 Å². The molecule has 1 rings (SSSR count). The first-order valence-corrected chi connectivity index (χ1v) is 6.53. The van der Waals surface area contributed by atoms with Crippen molar-refractivity contribution in [1.82, 2.24) is 0 Å². The first-order chi connectivity index (χ1) is 9.67. The standard InChI is InChI=1S/C12H11BrF3NO4/c13-8-6-7(4-5-9(8)21-12(14,15)16)17-10(18)2-1-3-11(19)20/h4-6H,1-3H2,(H,17,18)(H,19,20). The van der Waals surface area contributed by atoms with Crippen molar-refractivity contribution >= 4 is 33.5 Å². The van der Waals surface area contributed by atoms with Gasteiger partial charge in [0, 0.05) is 18.5 Å². The van der Waals surface area contributed by atoms with Crippen molar-refractivity contribution in [3.8, 4) is 5.75 Å². The number of aliphatic carboxylic acids is 1. The number of carbonyl (C=O) groups is 2. The van der Waals surface area contributed by atoms with Crippen LogP contribution in [0.2, 0.25) is 0 Å². The van der Waals surface area contributed by atoms with Crippen molar-refractivity contribution in [3.05, 3.63) is 22.7 Å². The summed E-state index contributed by atoms with van der Waals surface area (Å²) in [6.45, 7) is 0. The number of rotatable bonds is 6. The van der Waals surface area contributed by atoms with E-state index in [4.69, 9.17) is 5.11 Å². The Kier molecular flexibility index (Phi) is 6.01. The van der Waals surface area contributed by atoms with E-state index in [1.165, 1.54) is 12.1 Å². The predicted octanol–water partition coefficient (Wildman–Crippen LogP) is 3.54. The van der Waals surface area contributed by atoms with Crippen molar-refractivity contribution in [1.29, 1.82) is 0 Å². The number of anilines is 1. The molecule has 1 aromatic carbocycles. The van der Waals surface area contributed by atoms with E-state index in [1.807, 2.05) is 0 Å². The minimum absolute atomic E-state index is 0.00468. The molecule has 0 radical (unpaired) electrons. The molecule has 0 saturated carbocycles. The van der Waals surface area contributed by atoms with Crippen LogP contribution in [0.5, 0.6) is 5.75 Å². The maximum absolute atomic E-state index is 12.1. The lowest BCUT2D eigenvalue weighted by atomic mass is 10.2. The third-order valence-corrected chi connectivity index (χ3v) is 2.86. The van der Waals surface area contributed by atoms with Crippen molar-refractivity contribution in [2.24, 2.45) is 0 Å². The molecule has 5 nitrogen and oxygen atoms in total. The second-order valence-electron chi connectivity index (χ2n) is 3.99. The van der Waals surface area contributed by atoms with Gasteiger partial charge in [-0.15, -0.1) is 13.2 Å². The highest BCUT2D eigenvalue weighted by Crippen LogP contribution is 2.32. The monoisotopic (exact) mass is 369 g/mol. The molecule has 0 unspecified atom stereocenters. The van der Waals surface area contributed by atoms with Gasteiger partial charge in [-0.25, -0.2) is 0 Å². The Morgan fingerprint density at radius 2 is 1.95 bits per heavy atom. The molecule has 0 fully saturated rings. The van der Waals surface area contributed by atoms with Crippen LogP contribution in [0.4, 0.5) is 18.9 Å². The van der Waals surface area contributed by atoms with Crippen LogP contribution >= 0.6 is 15.9 Å². The Labute approximate surface area is 126 Å². The van der Waals surface area contributed by atoms with E-state index in [2.05, 4.69) is 26.0 Å². The molecular formula is C12H11BrF3NO4. The molecule has 1 amide bonds. The average Bonchev–Trinajstić information content (AvgIpc) is 2.30. The summed E-state index contributed by atoms with van der Waals surface area (Å²) in [6, 6.07) is 3.57. The second-order valence-corrected chi connectivity index (χ2v) is 4.84. The zero-order chi connectivity index (χ0) is 16.0. The fourth-order valence-corrected chi connectivity index (χ4v) is 1.87. The quantitative estimate of drug-likeness (QED) is 0.803. The molecule has 0 aliphatic heterocycles. The number of amides is 1. The molecule has 0 heterocycles. The van der Waals surface area contributed by atoms with E-state index in [-0.39, 0.29) is 29.4 Å². The van der Waals surface area contributed by atoms with E-state index in [9.17, 15) is 22.8 Å². The molecule has 0 spiro atoms. The summed E-state index contributed by atoms with van der Waals surface area (Å²) in [6.07, 6.45) is -4.75. The molecule has 1 aromatic rings. The molecule has 0 saturated heterocycles. The smallest absolute Gasteiger partial charge is 0.481 e. The lowest BCUT2D eigenvalue weighted by Gasteiger charge is -2.12.